The molecule has 2 aromatic carbocycles. The van der Waals surface area contributed by atoms with E-state index in [1.54, 1.807) is 38.1 Å². The number of nitrogens with one attached hydrogen (secondary N) is 2. The normalized spacial score (nSPS) is 18.0. The molecule has 2 heterocycles. The van der Waals surface area contributed by atoms with Crippen molar-refractivity contribution >= 4 is 11.8 Å². The van der Waals surface area contributed by atoms with Crippen LogP contribution in [0, 0.1) is 11.6 Å². The summed E-state index contributed by atoms with van der Waals surface area (Å²) in [6.07, 6.45) is 0. The van der Waals surface area contributed by atoms with E-state index in [0.717, 1.165) is 11.6 Å². The summed E-state index contributed by atoms with van der Waals surface area (Å²) in [5.41, 5.74) is 2.10. The van der Waals surface area contributed by atoms with Crippen molar-refractivity contribution in [1.82, 2.24) is 20.0 Å². The molecule has 2 atom stereocenters. The molecule has 1 aliphatic heterocycles. The van der Waals surface area contributed by atoms with Gasteiger partial charge in [-0.25, -0.2) is 13.6 Å². The Morgan fingerprint density at radius 3 is 2.66 bits per heavy atom. The average molecular weight is 486 g/mol. The van der Waals surface area contributed by atoms with Crippen LogP contribution < -0.4 is 15.4 Å². The molecule has 4 rings (SSSR count). The topological polar surface area (TPSA) is 80.7 Å². The molecule has 0 saturated carbocycles. The summed E-state index contributed by atoms with van der Waals surface area (Å²) < 4.78 is 39.6. The SMILES string of the molecule is COCCN1C[C@@H](NC(=O)Nc2cc(-c3ccccc3OC)nn2C)[C@H](c2ccc(F)c(F)c2)C1. The fourth-order valence-corrected chi connectivity index (χ4v) is 4.41. The van der Waals surface area contributed by atoms with Gasteiger partial charge in [0, 0.05) is 51.3 Å². The minimum Gasteiger partial charge on any atom is -0.496 e. The highest BCUT2D eigenvalue weighted by atomic mass is 19.2. The Balaban J connectivity index is 1.49. The highest BCUT2D eigenvalue weighted by molar-refractivity contribution is 5.89. The van der Waals surface area contributed by atoms with Crippen LogP contribution in [0.15, 0.2) is 48.5 Å². The highest BCUT2D eigenvalue weighted by Gasteiger charge is 2.35. The minimum atomic E-state index is -0.903. The Kier molecular flexibility index (Phi) is 7.62. The first-order valence-electron chi connectivity index (χ1n) is 11.3. The summed E-state index contributed by atoms with van der Waals surface area (Å²) in [5.74, 6) is -0.824. The number of likely N-dealkylation sites (tertiary alicyclic amines) is 1. The molecule has 10 heteroatoms. The molecule has 2 N–H and O–H groups in total. The number of hydrogen-bond donors (Lipinski definition) is 2. The molecule has 186 valence electrons. The Bertz CT molecular complexity index is 1190. The lowest BCUT2D eigenvalue weighted by atomic mass is 9.94. The summed E-state index contributed by atoms with van der Waals surface area (Å²) in [4.78, 5) is 15.1. The monoisotopic (exact) mass is 485 g/mol. The van der Waals surface area contributed by atoms with E-state index in [4.69, 9.17) is 9.47 Å². The van der Waals surface area contributed by atoms with Crippen molar-refractivity contribution in [3.63, 3.8) is 0 Å². The number of anilines is 1. The van der Waals surface area contributed by atoms with Crippen LogP contribution in [-0.4, -0.2) is 67.2 Å². The molecule has 1 aromatic heterocycles. The zero-order valence-electron chi connectivity index (χ0n) is 19.9. The minimum absolute atomic E-state index is 0.205. The smallest absolute Gasteiger partial charge is 0.320 e. The number of amides is 2. The number of hydrogen-bond acceptors (Lipinski definition) is 5. The fraction of sp³-hybridized carbons (Fsp3) is 0.360. The molecule has 2 amide bonds. The van der Waals surface area contributed by atoms with Crippen molar-refractivity contribution in [3.8, 4) is 17.0 Å². The predicted molar refractivity (Wildman–Crippen MR) is 129 cm³/mol. The average Bonchev–Trinajstić information content (AvgIpc) is 3.42. The third-order valence-electron chi connectivity index (χ3n) is 6.20. The highest BCUT2D eigenvalue weighted by Crippen LogP contribution is 2.31. The molecular formula is C25H29F2N5O3. The molecular weight excluding hydrogens is 456 g/mol. The standard InChI is InChI=1S/C25H29F2N5O3/c1-31-24(13-21(30-31)17-6-4-5-7-23(17)35-3)29-25(33)28-22-15-32(10-11-34-2)14-18(22)16-8-9-19(26)20(27)12-16/h4-9,12-13,18,22H,10-11,14-15H2,1-3H3,(H2,28,29,33)/t18-,22+/m0/s1. The first-order valence-corrected chi connectivity index (χ1v) is 11.3. The number of benzene rings is 2. The summed E-state index contributed by atoms with van der Waals surface area (Å²) in [5, 5.41) is 10.3. The van der Waals surface area contributed by atoms with Gasteiger partial charge < -0.3 is 14.8 Å². The van der Waals surface area contributed by atoms with Gasteiger partial charge in [-0.1, -0.05) is 18.2 Å². The Hall–Kier alpha value is -3.50. The number of nitrogens with zero attached hydrogens (tertiary/aromatic N) is 3. The van der Waals surface area contributed by atoms with E-state index >= 15 is 0 Å². The van der Waals surface area contributed by atoms with Crippen molar-refractivity contribution in [2.75, 3.05) is 45.8 Å². The maximum Gasteiger partial charge on any atom is 0.320 e. The molecule has 0 unspecified atom stereocenters. The molecule has 0 radical (unpaired) electrons. The summed E-state index contributed by atoms with van der Waals surface area (Å²) in [6.45, 7) is 2.34. The van der Waals surface area contributed by atoms with Crippen molar-refractivity contribution in [1.29, 1.82) is 0 Å². The molecule has 0 aliphatic carbocycles. The van der Waals surface area contributed by atoms with Crippen LogP contribution in [0.25, 0.3) is 11.3 Å². The predicted octanol–water partition coefficient (Wildman–Crippen LogP) is 3.61. The van der Waals surface area contributed by atoms with Crippen LogP contribution in [0.1, 0.15) is 11.5 Å². The van der Waals surface area contributed by atoms with Gasteiger partial charge in [0.1, 0.15) is 11.6 Å². The quantitative estimate of drug-likeness (QED) is 0.510. The van der Waals surface area contributed by atoms with Gasteiger partial charge in [0.2, 0.25) is 0 Å². The van der Waals surface area contributed by atoms with E-state index in [1.165, 1.54) is 6.07 Å². The van der Waals surface area contributed by atoms with Crippen LogP contribution in [0.5, 0.6) is 5.75 Å². The number of carbonyl (C=O) groups excluding carboxylic acids is 1. The van der Waals surface area contributed by atoms with Crippen molar-refractivity contribution in [3.05, 3.63) is 65.7 Å². The maximum atomic E-state index is 13.9. The van der Waals surface area contributed by atoms with Crippen LogP contribution >= 0.6 is 0 Å². The largest absolute Gasteiger partial charge is 0.496 e. The van der Waals surface area contributed by atoms with Gasteiger partial charge >= 0.3 is 6.03 Å². The van der Waals surface area contributed by atoms with Crippen molar-refractivity contribution in [2.45, 2.75) is 12.0 Å². The lowest BCUT2D eigenvalue weighted by Gasteiger charge is -2.20. The fourth-order valence-electron chi connectivity index (χ4n) is 4.41. The molecule has 35 heavy (non-hydrogen) atoms. The van der Waals surface area contributed by atoms with Gasteiger partial charge in [-0.3, -0.25) is 14.9 Å². The second-order valence-electron chi connectivity index (χ2n) is 8.48. The number of methoxy groups -OCH3 is 2. The molecule has 8 nitrogen and oxygen atoms in total. The summed E-state index contributed by atoms with van der Waals surface area (Å²) in [7, 11) is 4.95. The van der Waals surface area contributed by atoms with Gasteiger partial charge in [-0.15, -0.1) is 0 Å². The van der Waals surface area contributed by atoms with Crippen molar-refractivity contribution in [2.24, 2.45) is 7.05 Å². The van der Waals surface area contributed by atoms with E-state index in [9.17, 15) is 13.6 Å². The van der Waals surface area contributed by atoms with Crippen LogP contribution in [-0.2, 0) is 11.8 Å². The van der Waals surface area contributed by atoms with Gasteiger partial charge in [0.05, 0.1) is 25.5 Å². The number of aromatic nitrogens is 2. The summed E-state index contributed by atoms with van der Waals surface area (Å²) in [6, 6.07) is 12.4. The summed E-state index contributed by atoms with van der Waals surface area (Å²) >= 11 is 0. The van der Waals surface area contributed by atoms with Crippen LogP contribution in [0.4, 0.5) is 19.4 Å². The molecule has 0 bridgehead atoms. The van der Waals surface area contributed by atoms with Gasteiger partial charge in [-0.2, -0.15) is 5.10 Å². The number of carbonyl (C=O) groups is 1. The van der Waals surface area contributed by atoms with E-state index in [0.29, 0.717) is 49.1 Å². The van der Waals surface area contributed by atoms with Gasteiger partial charge in [0.25, 0.3) is 0 Å². The van der Waals surface area contributed by atoms with Crippen molar-refractivity contribution < 1.29 is 23.0 Å². The van der Waals surface area contributed by atoms with Crippen LogP contribution in [0.2, 0.25) is 0 Å². The third-order valence-corrected chi connectivity index (χ3v) is 6.20. The second-order valence-corrected chi connectivity index (χ2v) is 8.48. The molecule has 0 spiro atoms. The number of rotatable bonds is 8. The van der Waals surface area contributed by atoms with Gasteiger partial charge in [0.15, 0.2) is 11.6 Å². The second kappa shape index (κ2) is 10.8. The Labute approximate surface area is 202 Å². The number of para-hydroxylation sites is 1. The van der Waals surface area contributed by atoms with Crippen LogP contribution in [0.3, 0.4) is 0 Å². The number of aryl methyl sites for hydroxylation is 1. The number of ether oxygens (including phenoxy) is 2. The number of urea groups is 1. The third kappa shape index (κ3) is 5.60. The lowest BCUT2D eigenvalue weighted by molar-refractivity contribution is 0.159. The molecule has 1 fully saturated rings. The molecule has 3 aromatic rings. The Morgan fingerprint density at radius 1 is 1.11 bits per heavy atom. The molecule has 1 aliphatic rings. The van der Waals surface area contributed by atoms with Gasteiger partial charge in [-0.05, 0) is 29.8 Å². The molecule has 1 saturated heterocycles. The first-order chi connectivity index (χ1) is 16.9. The first kappa shape index (κ1) is 24.6. The number of halogens is 2. The van der Waals surface area contributed by atoms with E-state index < -0.39 is 17.7 Å². The van der Waals surface area contributed by atoms with E-state index in [1.807, 2.05) is 24.3 Å². The Morgan fingerprint density at radius 2 is 1.91 bits per heavy atom. The lowest BCUT2D eigenvalue weighted by Crippen LogP contribution is -2.42. The maximum absolute atomic E-state index is 13.9. The zero-order chi connectivity index (χ0) is 24.9. The van der Waals surface area contributed by atoms with E-state index in [-0.39, 0.29) is 12.0 Å². The zero-order valence-corrected chi connectivity index (χ0v) is 19.9. The van der Waals surface area contributed by atoms with E-state index in [2.05, 4.69) is 20.6 Å².